The largest absolute Gasteiger partial charge is 0.481 e. The van der Waals surface area contributed by atoms with Gasteiger partial charge in [0.05, 0.1) is 11.8 Å². The molecular formula is C15H20N2O3. The third-order valence-corrected chi connectivity index (χ3v) is 4.20. The molecule has 5 nitrogen and oxygen atoms in total. The second-order valence-corrected chi connectivity index (χ2v) is 5.38. The van der Waals surface area contributed by atoms with E-state index in [-0.39, 0.29) is 5.91 Å². The average Bonchev–Trinajstić information content (AvgIpc) is 2.91. The zero-order valence-corrected chi connectivity index (χ0v) is 11.8. The second-order valence-electron chi connectivity index (χ2n) is 5.38. The summed E-state index contributed by atoms with van der Waals surface area (Å²) in [5, 5.41) is 9.31. The number of carbonyl (C=O) groups is 2. The van der Waals surface area contributed by atoms with Gasteiger partial charge < -0.3 is 5.11 Å². The Hall–Kier alpha value is -1.91. The molecule has 1 aliphatic rings. The zero-order chi connectivity index (χ0) is 14.7. The summed E-state index contributed by atoms with van der Waals surface area (Å²) in [6.45, 7) is 2.04. The van der Waals surface area contributed by atoms with Crippen LogP contribution in [0.25, 0.3) is 0 Å². The molecule has 3 atom stereocenters. The van der Waals surface area contributed by atoms with Gasteiger partial charge in [0.1, 0.15) is 5.82 Å². The summed E-state index contributed by atoms with van der Waals surface area (Å²) in [4.78, 5) is 29.5. The van der Waals surface area contributed by atoms with Gasteiger partial charge in [-0.05, 0) is 30.9 Å². The molecule has 0 bridgehead atoms. The van der Waals surface area contributed by atoms with Crippen molar-refractivity contribution in [2.24, 2.45) is 17.8 Å². The Morgan fingerprint density at radius 1 is 1.35 bits per heavy atom. The van der Waals surface area contributed by atoms with E-state index in [1.165, 1.54) is 4.90 Å². The van der Waals surface area contributed by atoms with Gasteiger partial charge in [-0.3, -0.25) is 14.5 Å². The molecule has 0 saturated heterocycles. The first-order valence-corrected chi connectivity index (χ1v) is 6.96. The van der Waals surface area contributed by atoms with Gasteiger partial charge in [0.2, 0.25) is 5.91 Å². The number of anilines is 1. The Labute approximate surface area is 118 Å². The van der Waals surface area contributed by atoms with Crippen LogP contribution in [0.3, 0.4) is 0 Å². The lowest BCUT2D eigenvalue weighted by atomic mass is 9.95. The van der Waals surface area contributed by atoms with Gasteiger partial charge in [-0.1, -0.05) is 19.4 Å². The van der Waals surface area contributed by atoms with Gasteiger partial charge >= 0.3 is 5.97 Å². The van der Waals surface area contributed by atoms with E-state index in [9.17, 15) is 14.7 Å². The monoisotopic (exact) mass is 276 g/mol. The molecule has 2 rings (SSSR count). The summed E-state index contributed by atoms with van der Waals surface area (Å²) in [5.74, 6) is -1.15. The minimum absolute atomic E-state index is 0.146. The molecule has 1 N–H and O–H groups in total. The highest BCUT2D eigenvalue weighted by molar-refractivity contribution is 5.96. The third kappa shape index (κ3) is 2.81. The number of rotatable bonds is 4. The van der Waals surface area contributed by atoms with Crippen molar-refractivity contribution in [2.75, 3.05) is 11.9 Å². The fraction of sp³-hybridized carbons (Fsp3) is 0.533. The second kappa shape index (κ2) is 6.03. The first-order valence-electron chi connectivity index (χ1n) is 6.96. The van der Waals surface area contributed by atoms with Crippen LogP contribution in [-0.4, -0.2) is 29.0 Å². The number of carboxylic acid groups (broad SMARTS) is 1. The molecule has 0 spiro atoms. The van der Waals surface area contributed by atoms with Gasteiger partial charge in [-0.2, -0.15) is 0 Å². The summed E-state index contributed by atoms with van der Waals surface area (Å²) in [7, 11) is 1.66. The predicted molar refractivity (Wildman–Crippen MR) is 75.3 cm³/mol. The normalized spacial score (nSPS) is 25.4. The van der Waals surface area contributed by atoms with Crippen LogP contribution in [0.1, 0.15) is 26.2 Å². The molecule has 0 aliphatic heterocycles. The smallest absolute Gasteiger partial charge is 0.307 e. The quantitative estimate of drug-likeness (QED) is 0.915. The summed E-state index contributed by atoms with van der Waals surface area (Å²) in [6.07, 6.45) is 3.79. The Bertz CT molecular complexity index is 489. The number of carboxylic acids is 1. The minimum atomic E-state index is -0.867. The SMILES string of the molecule is CCC1CC(C(=O)O)C(C(=O)N(C)c2ccccn2)C1. The molecule has 1 aliphatic carbocycles. The predicted octanol–water partition coefficient (Wildman–Crippen LogP) is 2.18. The molecule has 1 aromatic rings. The molecule has 0 aromatic carbocycles. The lowest BCUT2D eigenvalue weighted by Crippen LogP contribution is -2.37. The minimum Gasteiger partial charge on any atom is -0.481 e. The van der Waals surface area contributed by atoms with Gasteiger partial charge in [0.15, 0.2) is 0 Å². The highest BCUT2D eigenvalue weighted by atomic mass is 16.4. The number of hydrogen-bond donors (Lipinski definition) is 1. The molecule has 1 saturated carbocycles. The van der Waals surface area contributed by atoms with E-state index in [0.29, 0.717) is 24.6 Å². The Kier molecular flexibility index (Phi) is 4.37. The van der Waals surface area contributed by atoms with Gasteiger partial charge in [-0.15, -0.1) is 0 Å². The molecule has 108 valence electrons. The van der Waals surface area contributed by atoms with E-state index in [4.69, 9.17) is 0 Å². The maximum Gasteiger partial charge on any atom is 0.307 e. The molecular weight excluding hydrogens is 256 g/mol. The number of aliphatic carboxylic acids is 1. The van der Waals surface area contributed by atoms with Crippen LogP contribution in [0, 0.1) is 17.8 Å². The van der Waals surface area contributed by atoms with Crippen LogP contribution < -0.4 is 4.90 Å². The van der Waals surface area contributed by atoms with E-state index >= 15 is 0 Å². The van der Waals surface area contributed by atoms with E-state index < -0.39 is 17.8 Å². The highest BCUT2D eigenvalue weighted by Crippen LogP contribution is 2.39. The van der Waals surface area contributed by atoms with E-state index in [1.807, 2.05) is 13.0 Å². The molecule has 3 unspecified atom stereocenters. The standard InChI is InChI=1S/C15H20N2O3/c1-3-10-8-11(12(9-10)15(19)20)14(18)17(2)13-6-4-5-7-16-13/h4-7,10-12H,3,8-9H2,1-2H3,(H,19,20). The van der Waals surface area contributed by atoms with E-state index in [1.54, 1.807) is 25.4 Å². The van der Waals surface area contributed by atoms with Crippen LogP contribution in [0.4, 0.5) is 5.82 Å². The lowest BCUT2D eigenvalue weighted by Gasteiger charge is -2.22. The molecule has 5 heteroatoms. The first kappa shape index (κ1) is 14.5. The van der Waals surface area contributed by atoms with Crippen molar-refractivity contribution in [2.45, 2.75) is 26.2 Å². The number of nitrogens with zero attached hydrogens (tertiary/aromatic N) is 2. The molecule has 1 fully saturated rings. The molecule has 1 aromatic heterocycles. The molecule has 20 heavy (non-hydrogen) atoms. The molecule has 1 heterocycles. The Morgan fingerprint density at radius 2 is 2.05 bits per heavy atom. The topological polar surface area (TPSA) is 70.5 Å². The summed E-state index contributed by atoms with van der Waals surface area (Å²) < 4.78 is 0. The van der Waals surface area contributed by atoms with Crippen LogP contribution in [0.15, 0.2) is 24.4 Å². The average molecular weight is 276 g/mol. The van der Waals surface area contributed by atoms with Crippen molar-refractivity contribution in [1.29, 1.82) is 0 Å². The summed E-state index contributed by atoms with van der Waals surface area (Å²) in [6, 6.07) is 5.34. The number of amides is 1. The fourth-order valence-corrected chi connectivity index (χ4v) is 2.94. The van der Waals surface area contributed by atoms with Crippen LogP contribution in [-0.2, 0) is 9.59 Å². The van der Waals surface area contributed by atoms with Crippen LogP contribution >= 0.6 is 0 Å². The van der Waals surface area contributed by atoms with Gasteiger partial charge in [0, 0.05) is 13.2 Å². The number of aromatic nitrogens is 1. The van der Waals surface area contributed by atoms with Crippen molar-refractivity contribution < 1.29 is 14.7 Å². The van der Waals surface area contributed by atoms with Crippen molar-refractivity contribution in [1.82, 2.24) is 4.98 Å². The highest BCUT2D eigenvalue weighted by Gasteiger charge is 2.43. The van der Waals surface area contributed by atoms with E-state index in [2.05, 4.69) is 4.98 Å². The van der Waals surface area contributed by atoms with Crippen molar-refractivity contribution in [3.63, 3.8) is 0 Å². The van der Waals surface area contributed by atoms with Crippen molar-refractivity contribution in [3.8, 4) is 0 Å². The third-order valence-electron chi connectivity index (χ3n) is 4.20. The number of pyridine rings is 1. The summed E-state index contributed by atoms with van der Waals surface area (Å²) in [5.41, 5.74) is 0. The van der Waals surface area contributed by atoms with Crippen LogP contribution in [0.5, 0.6) is 0 Å². The lowest BCUT2D eigenvalue weighted by molar-refractivity contribution is -0.145. The van der Waals surface area contributed by atoms with E-state index in [0.717, 1.165) is 6.42 Å². The Morgan fingerprint density at radius 3 is 2.60 bits per heavy atom. The maximum atomic E-state index is 12.5. The van der Waals surface area contributed by atoms with Gasteiger partial charge in [0.25, 0.3) is 0 Å². The Balaban J connectivity index is 2.17. The van der Waals surface area contributed by atoms with Crippen molar-refractivity contribution in [3.05, 3.63) is 24.4 Å². The number of hydrogen-bond acceptors (Lipinski definition) is 3. The van der Waals surface area contributed by atoms with Crippen molar-refractivity contribution >= 4 is 17.7 Å². The van der Waals surface area contributed by atoms with Gasteiger partial charge in [-0.25, -0.2) is 4.98 Å². The zero-order valence-electron chi connectivity index (χ0n) is 11.8. The molecule has 1 amide bonds. The fourth-order valence-electron chi connectivity index (χ4n) is 2.94. The molecule has 0 radical (unpaired) electrons. The first-order chi connectivity index (χ1) is 9.54. The maximum absolute atomic E-state index is 12.5. The summed E-state index contributed by atoms with van der Waals surface area (Å²) >= 11 is 0. The van der Waals surface area contributed by atoms with Crippen LogP contribution in [0.2, 0.25) is 0 Å². The number of carbonyl (C=O) groups excluding carboxylic acids is 1.